The average Bonchev–Trinajstić information content (AvgIpc) is 1.83. The van der Waals surface area contributed by atoms with Gasteiger partial charge in [-0.3, -0.25) is 14.4 Å². The van der Waals surface area contributed by atoms with Crippen LogP contribution >= 0.6 is 0 Å². The zero-order valence-electron chi connectivity index (χ0n) is 7.23. The summed E-state index contributed by atoms with van der Waals surface area (Å²) in [5.74, 6) is -2.32. The Hall–Kier alpha value is -1.90. The Morgan fingerprint density at radius 2 is 1.77 bits per heavy atom. The largest absolute Gasteiger partial charge is 0.481 e. The number of nitrogens with zero attached hydrogens (tertiary/aromatic N) is 1. The molecule has 0 amide bonds. The van der Waals surface area contributed by atoms with Crippen molar-refractivity contribution < 1.29 is 24.2 Å². The molecule has 0 heterocycles. The quantitative estimate of drug-likeness (QED) is 0.460. The summed E-state index contributed by atoms with van der Waals surface area (Å²) in [6, 6.07) is 1.55. The summed E-state index contributed by atoms with van der Waals surface area (Å²) >= 11 is 0. The molecule has 0 aliphatic carbocycles. The van der Waals surface area contributed by atoms with Crippen molar-refractivity contribution in [3.63, 3.8) is 0 Å². The number of rotatable bonds is 1. The van der Waals surface area contributed by atoms with Crippen molar-refractivity contribution in [1.29, 1.82) is 5.26 Å². The fraction of sp³-hybridized carbons (Fsp3) is 0.429. The molecule has 0 bridgehead atoms. The molecular formula is C7H9NO5. The van der Waals surface area contributed by atoms with Crippen molar-refractivity contribution in [2.24, 2.45) is 0 Å². The number of carbonyl (C=O) groups is 3. The van der Waals surface area contributed by atoms with E-state index in [-0.39, 0.29) is 6.42 Å². The van der Waals surface area contributed by atoms with Crippen molar-refractivity contribution >= 4 is 17.9 Å². The van der Waals surface area contributed by atoms with Crippen molar-refractivity contribution in [1.82, 2.24) is 0 Å². The SMILES string of the molecule is CC(=O)O.CC(=O)OC(=O)CC#N. The molecule has 0 aromatic rings. The van der Waals surface area contributed by atoms with Crippen LogP contribution in [-0.2, 0) is 19.1 Å². The maximum Gasteiger partial charge on any atom is 0.327 e. The lowest BCUT2D eigenvalue weighted by molar-refractivity contribution is -0.157. The number of ether oxygens (including phenoxy) is 1. The predicted octanol–water partition coefficient (Wildman–Crippen LogP) is 0.0807. The third-order valence-corrected chi connectivity index (χ3v) is 0.481. The van der Waals surface area contributed by atoms with Gasteiger partial charge in [0.1, 0.15) is 6.42 Å². The van der Waals surface area contributed by atoms with E-state index in [0.29, 0.717) is 0 Å². The monoisotopic (exact) mass is 187 g/mol. The Morgan fingerprint density at radius 1 is 1.38 bits per heavy atom. The first-order valence-corrected chi connectivity index (χ1v) is 3.17. The molecule has 0 spiro atoms. The van der Waals surface area contributed by atoms with Gasteiger partial charge >= 0.3 is 11.9 Å². The Balaban J connectivity index is 0. The second kappa shape index (κ2) is 8.20. The Kier molecular flexibility index (Phi) is 8.62. The fourth-order valence-corrected chi connectivity index (χ4v) is 0.261. The van der Waals surface area contributed by atoms with Gasteiger partial charge in [-0.1, -0.05) is 0 Å². The average molecular weight is 187 g/mol. The molecule has 0 aliphatic rings. The Morgan fingerprint density at radius 3 is 2.00 bits per heavy atom. The molecule has 0 rings (SSSR count). The molecule has 0 saturated heterocycles. The summed E-state index contributed by atoms with van der Waals surface area (Å²) in [5.41, 5.74) is 0. The van der Waals surface area contributed by atoms with Crippen LogP contribution in [0.2, 0.25) is 0 Å². The first-order valence-electron chi connectivity index (χ1n) is 3.17. The first kappa shape index (κ1) is 13.7. The summed E-state index contributed by atoms with van der Waals surface area (Å²) in [7, 11) is 0. The van der Waals surface area contributed by atoms with Crippen LogP contribution < -0.4 is 0 Å². The molecule has 1 N–H and O–H groups in total. The van der Waals surface area contributed by atoms with E-state index in [4.69, 9.17) is 15.2 Å². The number of carboxylic acid groups (broad SMARTS) is 1. The minimum absolute atomic E-state index is 0.375. The van der Waals surface area contributed by atoms with Gasteiger partial charge < -0.3 is 9.84 Å². The molecule has 0 unspecified atom stereocenters. The smallest absolute Gasteiger partial charge is 0.327 e. The van der Waals surface area contributed by atoms with Crippen molar-refractivity contribution in [2.45, 2.75) is 20.3 Å². The second-order valence-electron chi connectivity index (χ2n) is 1.82. The number of nitriles is 1. The highest BCUT2D eigenvalue weighted by Crippen LogP contribution is 1.83. The van der Waals surface area contributed by atoms with E-state index in [1.165, 1.54) is 0 Å². The summed E-state index contributed by atoms with van der Waals surface area (Å²) in [6.07, 6.45) is -0.375. The van der Waals surface area contributed by atoms with Crippen LogP contribution in [0.25, 0.3) is 0 Å². The van der Waals surface area contributed by atoms with E-state index >= 15 is 0 Å². The summed E-state index contributed by atoms with van der Waals surface area (Å²) in [4.78, 5) is 29.2. The molecule has 0 aromatic carbocycles. The van der Waals surface area contributed by atoms with Gasteiger partial charge in [0.2, 0.25) is 0 Å². The molecular weight excluding hydrogens is 178 g/mol. The Bertz CT molecular complexity index is 236. The molecule has 0 aromatic heterocycles. The standard InChI is InChI=1S/C5H5NO3.C2H4O2/c1-4(7)9-5(8)2-3-6;1-2(3)4/h2H2,1H3;1H3,(H,3,4). The topological polar surface area (TPSA) is 104 Å². The number of carbonyl (C=O) groups excluding carboxylic acids is 2. The van der Waals surface area contributed by atoms with Crippen LogP contribution in [0.1, 0.15) is 20.3 Å². The van der Waals surface area contributed by atoms with Gasteiger partial charge in [0.25, 0.3) is 5.97 Å². The summed E-state index contributed by atoms with van der Waals surface area (Å²) in [6.45, 7) is 2.19. The minimum Gasteiger partial charge on any atom is -0.481 e. The number of hydrogen-bond donors (Lipinski definition) is 1. The molecule has 6 nitrogen and oxygen atoms in total. The van der Waals surface area contributed by atoms with Crippen molar-refractivity contribution in [3.05, 3.63) is 0 Å². The molecule has 6 heteroatoms. The zero-order chi connectivity index (χ0) is 10.9. The highest BCUT2D eigenvalue weighted by atomic mass is 16.6. The van der Waals surface area contributed by atoms with Gasteiger partial charge in [-0.05, 0) is 0 Å². The Labute approximate surface area is 74.7 Å². The number of carboxylic acids is 1. The number of esters is 2. The van der Waals surface area contributed by atoms with E-state index in [9.17, 15) is 9.59 Å². The van der Waals surface area contributed by atoms with Crippen LogP contribution in [0.15, 0.2) is 0 Å². The van der Waals surface area contributed by atoms with E-state index in [0.717, 1.165) is 13.8 Å². The first-order chi connectivity index (χ1) is 5.90. The van der Waals surface area contributed by atoms with Gasteiger partial charge in [-0.25, -0.2) is 0 Å². The zero-order valence-corrected chi connectivity index (χ0v) is 7.23. The normalized spacial score (nSPS) is 7.15. The third kappa shape index (κ3) is 25.5. The highest BCUT2D eigenvalue weighted by Gasteiger charge is 2.02. The van der Waals surface area contributed by atoms with Gasteiger partial charge in [0, 0.05) is 13.8 Å². The van der Waals surface area contributed by atoms with Crippen LogP contribution in [0.5, 0.6) is 0 Å². The van der Waals surface area contributed by atoms with Crippen LogP contribution in [0.4, 0.5) is 0 Å². The maximum absolute atomic E-state index is 10.2. The summed E-state index contributed by atoms with van der Waals surface area (Å²) < 4.78 is 3.99. The molecule has 0 saturated carbocycles. The number of hydrogen-bond acceptors (Lipinski definition) is 5. The van der Waals surface area contributed by atoms with E-state index in [2.05, 4.69) is 4.74 Å². The van der Waals surface area contributed by atoms with Gasteiger partial charge in [-0.15, -0.1) is 0 Å². The summed E-state index contributed by atoms with van der Waals surface area (Å²) in [5, 5.41) is 15.3. The molecule has 72 valence electrons. The molecule has 13 heavy (non-hydrogen) atoms. The van der Waals surface area contributed by atoms with Gasteiger partial charge in [0.15, 0.2) is 0 Å². The van der Waals surface area contributed by atoms with Gasteiger partial charge in [-0.2, -0.15) is 5.26 Å². The lowest BCUT2D eigenvalue weighted by atomic mass is 10.5. The lowest BCUT2D eigenvalue weighted by Crippen LogP contribution is -2.07. The van der Waals surface area contributed by atoms with Crippen molar-refractivity contribution in [2.75, 3.05) is 0 Å². The minimum atomic E-state index is -0.833. The third-order valence-electron chi connectivity index (χ3n) is 0.481. The van der Waals surface area contributed by atoms with Crippen LogP contribution in [0, 0.1) is 11.3 Å². The van der Waals surface area contributed by atoms with E-state index < -0.39 is 17.9 Å². The van der Waals surface area contributed by atoms with Crippen LogP contribution in [0.3, 0.4) is 0 Å². The van der Waals surface area contributed by atoms with Gasteiger partial charge in [0.05, 0.1) is 6.07 Å². The second-order valence-corrected chi connectivity index (χ2v) is 1.82. The van der Waals surface area contributed by atoms with Crippen molar-refractivity contribution in [3.8, 4) is 6.07 Å². The predicted molar refractivity (Wildman–Crippen MR) is 40.3 cm³/mol. The van der Waals surface area contributed by atoms with Crippen LogP contribution in [-0.4, -0.2) is 23.0 Å². The number of aliphatic carboxylic acids is 1. The molecule has 0 aliphatic heterocycles. The van der Waals surface area contributed by atoms with E-state index in [1.807, 2.05) is 0 Å². The molecule has 0 fully saturated rings. The fourth-order valence-electron chi connectivity index (χ4n) is 0.261. The highest BCUT2D eigenvalue weighted by molar-refractivity contribution is 5.85. The lowest BCUT2D eigenvalue weighted by Gasteiger charge is -1.90. The molecule has 0 radical (unpaired) electrons. The molecule has 0 atom stereocenters. The van der Waals surface area contributed by atoms with E-state index in [1.54, 1.807) is 6.07 Å². The maximum atomic E-state index is 10.2.